The Morgan fingerprint density at radius 2 is 1.75 bits per heavy atom. The molecule has 1 amide bonds. The number of carbonyl (C=O) groups is 1. The van der Waals surface area contributed by atoms with Gasteiger partial charge in [0.05, 0.1) is 6.54 Å². The summed E-state index contributed by atoms with van der Waals surface area (Å²) in [5, 5.41) is 4.88. The van der Waals surface area contributed by atoms with Gasteiger partial charge in [-0.15, -0.1) is 0 Å². The van der Waals surface area contributed by atoms with Gasteiger partial charge in [-0.2, -0.15) is 5.10 Å². The summed E-state index contributed by atoms with van der Waals surface area (Å²) in [6.07, 6.45) is 3.67. The molecule has 24 heavy (non-hydrogen) atoms. The number of carbonyl (C=O) groups excluding carboxylic acids is 1. The number of nitrogens with zero attached hydrogens (tertiary/aromatic N) is 3. The lowest BCUT2D eigenvalue weighted by atomic mass is 10.1. The Hall–Kier alpha value is -2.59. The lowest BCUT2D eigenvalue weighted by Gasteiger charge is -2.17. The maximum absolute atomic E-state index is 12.5. The van der Waals surface area contributed by atoms with Crippen molar-refractivity contribution in [1.82, 2.24) is 14.7 Å². The van der Waals surface area contributed by atoms with Crippen molar-refractivity contribution in [3.63, 3.8) is 0 Å². The molecule has 0 atom stereocenters. The van der Waals surface area contributed by atoms with Gasteiger partial charge in [0.15, 0.2) is 0 Å². The van der Waals surface area contributed by atoms with Crippen LogP contribution in [0.15, 0.2) is 67.0 Å². The molecule has 0 spiro atoms. The zero-order valence-corrected chi connectivity index (χ0v) is 14.1. The maximum atomic E-state index is 12.5. The standard InChI is InChI=1S/C19H18ClN3O/c1-22(13-15-5-9-18(20)10-6-15)19(24)17-7-3-16(4-8-17)14-23-12-2-11-21-23/h2-12H,13-14H2,1H3. The van der Waals surface area contributed by atoms with Gasteiger partial charge in [0, 0.05) is 36.6 Å². The van der Waals surface area contributed by atoms with Gasteiger partial charge in [-0.3, -0.25) is 9.48 Å². The highest BCUT2D eigenvalue weighted by molar-refractivity contribution is 6.30. The first-order valence-electron chi connectivity index (χ1n) is 7.68. The molecule has 0 bridgehead atoms. The van der Waals surface area contributed by atoms with E-state index in [-0.39, 0.29) is 5.91 Å². The topological polar surface area (TPSA) is 38.1 Å². The van der Waals surface area contributed by atoms with Crippen LogP contribution in [0.3, 0.4) is 0 Å². The highest BCUT2D eigenvalue weighted by Gasteiger charge is 2.12. The summed E-state index contributed by atoms with van der Waals surface area (Å²) in [4.78, 5) is 14.2. The minimum Gasteiger partial charge on any atom is -0.337 e. The molecule has 2 aromatic carbocycles. The SMILES string of the molecule is CN(Cc1ccc(Cl)cc1)C(=O)c1ccc(Cn2cccn2)cc1. The normalized spacial score (nSPS) is 10.6. The number of halogens is 1. The smallest absolute Gasteiger partial charge is 0.253 e. The van der Waals surface area contributed by atoms with Crippen LogP contribution in [0, 0.1) is 0 Å². The lowest BCUT2D eigenvalue weighted by molar-refractivity contribution is 0.0785. The zero-order chi connectivity index (χ0) is 16.9. The van der Waals surface area contributed by atoms with Crippen molar-refractivity contribution in [2.75, 3.05) is 7.05 Å². The second-order valence-electron chi connectivity index (χ2n) is 5.69. The van der Waals surface area contributed by atoms with Crippen LogP contribution in [0.5, 0.6) is 0 Å². The number of aromatic nitrogens is 2. The molecule has 0 fully saturated rings. The van der Waals surface area contributed by atoms with Crippen LogP contribution in [0.1, 0.15) is 21.5 Å². The summed E-state index contributed by atoms with van der Waals surface area (Å²) in [5.74, 6) is -0.00408. The Morgan fingerprint density at radius 1 is 1.08 bits per heavy atom. The molecule has 4 nitrogen and oxygen atoms in total. The molecule has 0 aliphatic heterocycles. The van der Waals surface area contributed by atoms with Crippen LogP contribution < -0.4 is 0 Å². The van der Waals surface area contributed by atoms with Gasteiger partial charge in [-0.1, -0.05) is 35.9 Å². The van der Waals surface area contributed by atoms with Crippen molar-refractivity contribution in [1.29, 1.82) is 0 Å². The van der Waals surface area contributed by atoms with E-state index in [4.69, 9.17) is 11.6 Å². The average molecular weight is 340 g/mol. The van der Waals surface area contributed by atoms with E-state index in [0.29, 0.717) is 23.7 Å². The molecule has 122 valence electrons. The third-order valence-corrected chi connectivity index (χ3v) is 4.04. The first-order chi connectivity index (χ1) is 11.6. The van der Waals surface area contributed by atoms with E-state index in [1.54, 1.807) is 18.1 Å². The number of rotatable bonds is 5. The lowest BCUT2D eigenvalue weighted by Crippen LogP contribution is -2.26. The van der Waals surface area contributed by atoms with Gasteiger partial charge >= 0.3 is 0 Å². The summed E-state index contributed by atoms with van der Waals surface area (Å²) >= 11 is 5.89. The van der Waals surface area contributed by atoms with Gasteiger partial charge in [0.1, 0.15) is 0 Å². The fourth-order valence-corrected chi connectivity index (χ4v) is 2.62. The van der Waals surface area contributed by atoms with Crippen molar-refractivity contribution < 1.29 is 4.79 Å². The Balaban J connectivity index is 1.64. The third-order valence-electron chi connectivity index (χ3n) is 3.78. The summed E-state index contributed by atoms with van der Waals surface area (Å²) in [7, 11) is 1.80. The van der Waals surface area contributed by atoms with E-state index in [9.17, 15) is 4.79 Å². The number of benzene rings is 2. The van der Waals surface area contributed by atoms with Gasteiger partial charge in [-0.05, 0) is 41.5 Å². The highest BCUT2D eigenvalue weighted by atomic mass is 35.5. The second-order valence-corrected chi connectivity index (χ2v) is 6.12. The molecule has 1 aromatic heterocycles. The summed E-state index contributed by atoms with van der Waals surface area (Å²) in [6.45, 7) is 1.24. The Morgan fingerprint density at radius 3 is 2.38 bits per heavy atom. The van der Waals surface area contributed by atoms with Gasteiger partial charge in [-0.25, -0.2) is 0 Å². The predicted octanol–water partition coefficient (Wildman–Crippen LogP) is 3.86. The molecule has 0 unspecified atom stereocenters. The number of hydrogen-bond acceptors (Lipinski definition) is 2. The van der Waals surface area contributed by atoms with Crippen LogP contribution in [-0.4, -0.2) is 27.6 Å². The molecule has 3 aromatic rings. The van der Waals surface area contributed by atoms with Crippen LogP contribution in [-0.2, 0) is 13.1 Å². The largest absolute Gasteiger partial charge is 0.337 e. The first kappa shape index (κ1) is 16.3. The van der Waals surface area contributed by atoms with E-state index < -0.39 is 0 Å². The van der Waals surface area contributed by atoms with Crippen molar-refractivity contribution in [2.45, 2.75) is 13.1 Å². The molecule has 0 aliphatic carbocycles. The summed E-state index contributed by atoms with van der Waals surface area (Å²) < 4.78 is 1.85. The van der Waals surface area contributed by atoms with E-state index in [1.807, 2.05) is 65.5 Å². The monoisotopic (exact) mass is 339 g/mol. The Kier molecular flexibility index (Phi) is 4.96. The van der Waals surface area contributed by atoms with E-state index in [0.717, 1.165) is 11.1 Å². The summed E-state index contributed by atoms with van der Waals surface area (Å²) in [5.41, 5.74) is 2.83. The van der Waals surface area contributed by atoms with E-state index >= 15 is 0 Å². The van der Waals surface area contributed by atoms with Crippen molar-refractivity contribution in [2.24, 2.45) is 0 Å². The molecule has 0 saturated carbocycles. The predicted molar refractivity (Wildman–Crippen MR) is 95.0 cm³/mol. The fourth-order valence-electron chi connectivity index (χ4n) is 2.49. The van der Waals surface area contributed by atoms with E-state index in [1.165, 1.54) is 0 Å². The molecule has 0 aliphatic rings. The maximum Gasteiger partial charge on any atom is 0.253 e. The first-order valence-corrected chi connectivity index (χ1v) is 8.06. The quantitative estimate of drug-likeness (QED) is 0.708. The minimum absolute atomic E-state index is 0.00408. The van der Waals surface area contributed by atoms with Gasteiger partial charge in [0.2, 0.25) is 0 Å². The average Bonchev–Trinajstić information content (AvgIpc) is 3.10. The summed E-state index contributed by atoms with van der Waals surface area (Å²) in [6, 6.07) is 17.1. The van der Waals surface area contributed by atoms with Crippen molar-refractivity contribution in [3.05, 3.63) is 88.7 Å². The van der Waals surface area contributed by atoms with E-state index in [2.05, 4.69) is 5.10 Å². The van der Waals surface area contributed by atoms with Crippen LogP contribution >= 0.6 is 11.6 Å². The Labute approximate surface area is 146 Å². The fraction of sp³-hybridized carbons (Fsp3) is 0.158. The molecule has 3 rings (SSSR count). The van der Waals surface area contributed by atoms with Crippen LogP contribution in [0.4, 0.5) is 0 Å². The molecule has 0 radical (unpaired) electrons. The molecule has 0 N–H and O–H groups in total. The van der Waals surface area contributed by atoms with Crippen LogP contribution in [0.25, 0.3) is 0 Å². The molecule has 0 saturated heterocycles. The van der Waals surface area contributed by atoms with Crippen molar-refractivity contribution in [3.8, 4) is 0 Å². The van der Waals surface area contributed by atoms with Gasteiger partial charge < -0.3 is 4.90 Å². The molecular formula is C19H18ClN3O. The van der Waals surface area contributed by atoms with Gasteiger partial charge in [0.25, 0.3) is 5.91 Å². The number of hydrogen-bond donors (Lipinski definition) is 0. The second kappa shape index (κ2) is 7.32. The van der Waals surface area contributed by atoms with Crippen LogP contribution in [0.2, 0.25) is 5.02 Å². The Bertz CT molecular complexity index is 796. The zero-order valence-electron chi connectivity index (χ0n) is 13.4. The third kappa shape index (κ3) is 4.03. The van der Waals surface area contributed by atoms with Crippen molar-refractivity contribution >= 4 is 17.5 Å². The molecular weight excluding hydrogens is 322 g/mol. The molecule has 1 heterocycles. The highest BCUT2D eigenvalue weighted by Crippen LogP contribution is 2.13. The number of amides is 1. The minimum atomic E-state index is -0.00408. The molecule has 5 heteroatoms.